The summed E-state index contributed by atoms with van der Waals surface area (Å²) < 4.78 is 5.93. The van der Waals surface area contributed by atoms with E-state index in [-0.39, 0.29) is 5.41 Å². The predicted molar refractivity (Wildman–Crippen MR) is 116 cm³/mol. The Hall–Kier alpha value is -2.06. The van der Waals surface area contributed by atoms with Gasteiger partial charge in [0.05, 0.1) is 15.2 Å². The first-order valence-corrected chi connectivity index (χ1v) is 13.0. The van der Waals surface area contributed by atoms with E-state index >= 15 is 0 Å². The molecule has 0 bridgehead atoms. The number of methoxy groups -OCH3 is 1. The molecule has 1 aliphatic rings. The molecule has 0 spiro atoms. The molecular weight excluding hydrogens is 332 g/mol. The Morgan fingerprint density at radius 2 is 1.62 bits per heavy atom. The third kappa shape index (κ3) is 3.43. The van der Waals surface area contributed by atoms with E-state index in [1.54, 1.807) is 7.11 Å². The number of para-hydroxylation sites is 1. The number of hydrogen-bond acceptors (Lipinski definition) is 1. The number of benzene rings is 2. The molecule has 2 aromatic rings. The van der Waals surface area contributed by atoms with Crippen LogP contribution >= 0.6 is 0 Å². The molecule has 0 saturated heterocycles. The molecule has 2 aromatic carbocycles. The van der Waals surface area contributed by atoms with Gasteiger partial charge in [0.25, 0.3) is 0 Å². The fourth-order valence-electron chi connectivity index (χ4n) is 3.72. The second-order valence-electron chi connectivity index (χ2n) is 8.75. The number of hydrogen-bond donors (Lipinski definition) is 0. The van der Waals surface area contributed by atoms with Crippen LogP contribution in [-0.4, -0.2) is 15.2 Å². The Balaban J connectivity index is 2.08. The zero-order valence-corrected chi connectivity index (χ0v) is 17.8. The van der Waals surface area contributed by atoms with Crippen LogP contribution in [0.15, 0.2) is 72.3 Å². The standard InChI is InChI=1S/C24H30OSi/c1-24(2,19-15-16-20(17-19)26(4,5)6)22-14-10-13-21(23(22)25-3)18-11-8-7-9-12-18/h7-17,20H,1-6H3. The lowest BCUT2D eigenvalue weighted by atomic mass is 9.76. The third-order valence-corrected chi connectivity index (χ3v) is 7.90. The van der Waals surface area contributed by atoms with Crippen molar-refractivity contribution in [1.82, 2.24) is 0 Å². The summed E-state index contributed by atoms with van der Waals surface area (Å²) in [7, 11) is 0.557. The van der Waals surface area contributed by atoms with Gasteiger partial charge in [-0.25, -0.2) is 0 Å². The van der Waals surface area contributed by atoms with Crippen molar-refractivity contribution in [1.29, 1.82) is 0 Å². The van der Waals surface area contributed by atoms with Crippen LogP contribution < -0.4 is 4.74 Å². The topological polar surface area (TPSA) is 9.23 Å². The van der Waals surface area contributed by atoms with E-state index < -0.39 is 8.07 Å². The van der Waals surface area contributed by atoms with Crippen molar-refractivity contribution >= 4 is 8.07 Å². The van der Waals surface area contributed by atoms with Gasteiger partial charge in [-0.2, -0.15) is 0 Å². The van der Waals surface area contributed by atoms with E-state index in [1.165, 1.54) is 16.7 Å². The molecule has 0 fully saturated rings. The van der Waals surface area contributed by atoms with Gasteiger partial charge in [0.15, 0.2) is 0 Å². The molecule has 0 radical (unpaired) electrons. The minimum atomic E-state index is -1.23. The summed E-state index contributed by atoms with van der Waals surface area (Å²) in [6.45, 7) is 11.9. The molecular formula is C24H30OSi. The van der Waals surface area contributed by atoms with E-state index in [1.807, 2.05) is 0 Å². The van der Waals surface area contributed by atoms with Crippen LogP contribution in [0.25, 0.3) is 11.1 Å². The average molecular weight is 363 g/mol. The zero-order chi connectivity index (χ0) is 18.9. The van der Waals surface area contributed by atoms with Gasteiger partial charge in [-0.15, -0.1) is 0 Å². The van der Waals surface area contributed by atoms with Gasteiger partial charge >= 0.3 is 0 Å². The molecule has 1 unspecified atom stereocenters. The van der Waals surface area contributed by atoms with Gasteiger partial charge in [-0.05, 0) is 16.7 Å². The fraction of sp³-hybridized carbons (Fsp3) is 0.333. The van der Waals surface area contributed by atoms with Crippen LogP contribution in [-0.2, 0) is 5.41 Å². The second kappa shape index (κ2) is 6.92. The SMILES string of the molecule is COc1c(-c2ccccc2)cccc1C(C)(C)C1=CC([Si](C)(C)C)C=C1. The van der Waals surface area contributed by atoms with Gasteiger partial charge in [-0.1, -0.05) is 100 Å². The van der Waals surface area contributed by atoms with Gasteiger partial charge in [0, 0.05) is 16.5 Å². The van der Waals surface area contributed by atoms with E-state index in [9.17, 15) is 0 Å². The molecule has 0 saturated carbocycles. The van der Waals surface area contributed by atoms with E-state index in [4.69, 9.17) is 4.74 Å². The van der Waals surface area contributed by atoms with Crippen LogP contribution in [0.2, 0.25) is 25.2 Å². The molecule has 2 heteroatoms. The zero-order valence-electron chi connectivity index (χ0n) is 16.8. The largest absolute Gasteiger partial charge is 0.496 e. The first-order chi connectivity index (χ1) is 12.2. The summed E-state index contributed by atoms with van der Waals surface area (Å²) in [5, 5.41) is 0. The molecule has 0 N–H and O–H groups in total. The normalized spacial score (nSPS) is 17.3. The molecule has 0 aromatic heterocycles. The molecule has 0 aliphatic heterocycles. The van der Waals surface area contributed by atoms with Crippen molar-refractivity contribution < 1.29 is 4.74 Å². The van der Waals surface area contributed by atoms with Crippen LogP contribution in [0, 0.1) is 0 Å². The molecule has 136 valence electrons. The Kier molecular flexibility index (Phi) is 4.98. The fourth-order valence-corrected chi connectivity index (χ4v) is 5.07. The predicted octanol–water partition coefficient (Wildman–Crippen LogP) is 6.84. The van der Waals surface area contributed by atoms with Gasteiger partial charge in [-0.3, -0.25) is 0 Å². The van der Waals surface area contributed by atoms with Gasteiger partial charge in [0.1, 0.15) is 5.75 Å². The van der Waals surface area contributed by atoms with Crippen LogP contribution in [0.1, 0.15) is 19.4 Å². The molecule has 3 rings (SSSR count). The van der Waals surface area contributed by atoms with Gasteiger partial charge < -0.3 is 4.74 Å². The highest BCUT2D eigenvalue weighted by atomic mass is 28.3. The summed E-state index contributed by atoms with van der Waals surface area (Å²) in [5.41, 5.74) is 5.50. The van der Waals surface area contributed by atoms with Crippen molar-refractivity contribution in [3.05, 3.63) is 77.9 Å². The summed E-state index contributed by atoms with van der Waals surface area (Å²) >= 11 is 0. The number of rotatable bonds is 5. The Morgan fingerprint density at radius 1 is 0.923 bits per heavy atom. The van der Waals surface area contributed by atoms with Crippen molar-refractivity contribution in [2.75, 3.05) is 7.11 Å². The lowest BCUT2D eigenvalue weighted by Crippen LogP contribution is -2.25. The van der Waals surface area contributed by atoms with Crippen molar-refractivity contribution in [3.63, 3.8) is 0 Å². The smallest absolute Gasteiger partial charge is 0.130 e. The first-order valence-electron chi connectivity index (χ1n) is 9.38. The highest BCUT2D eigenvalue weighted by molar-refractivity contribution is 6.78. The summed E-state index contributed by atoms with van der Waals surface area (Å²) in [4.78, 5) is 0. The van der Waals surface area contributed by atoms with Crippen molar-refractivity contribution in [2.24, 2.45) is 0 Å². The minimum Gasteiger partial charge on any atom is -0.496 e. The number of allylic oxidation sites excluding steroid dienone is 4. The summed E-state index contributed by atoms with van der Waals surface area (Å²) in [5.74, 6) is 0.981. The molecule has 26 heavy (non-hydrogen) atoms. The maximum atomic E-state index is 5.93. The monoisotopic (exact) mass is 362 g/mol. The number of ether oxygens (including phenoxy) is 1. The van der Waals surface area contributed by atoms with Crippen molar-refractivity contribution in [2.45, 2.75) is 44.4 Å². The highest BCUT2D eigenvalue weighted by Crippen LogP contribution is 2.46. The van der Waals surface area contributed by atoms with E-state index in [0.29, 0.717) is 5.54 Å². The van der Waals surface area contributed by atoms with Crippen LogP contribution in [0.5, 0.6) is 5.75 Å². The lowest BCUT2D eigenvalue weighted by molar-refractivity contribution is 0.402. The molecule has 0 heterocycles. The Labute approximate surface area is 159 Å². The Bertz CT molecular complexity index is 838. The van der Waals surface area contributed by atoms with Crippen LogP contribution in [0.4, 0.5) is 0 Å². The first kappa shape index (κ1) is 18.7. The maximum Gasteiger partial charge on any atom is 0.130 e. The minimum absolute atomic E-state index is 0.0962. The Morgan fingerprint density at radius 3 is 2.19 bits per heavy atom. The molecule has 1 nitrogen and oxygen atoms in total. The highest BCUT2D eigenvalue weighted by Gasteiger charge is 2.34. The summed E-state index contributed by atoms with van der Waals surface area (Å²) in [6.07, 6.45) is 7.22. The van der Waals surface area contributed by atoms with Crippen LogP contribution in [0.3, 0.4) is 0 Å². The lowest BCUT2D eigenvalue weighted by Gasteiger charge is -2.30. The van der Waals surface area contributed by atoms with Crippen molar-refractivity contribution in [3.8, 4) is 16.9 Å². The summed E-state index contributed by atoms with van der Waals surface area (Å²) in [6, 6.07) is 17.0. The molecule has 1 aliphatic carbocycles. The van der Waals surface area contributed by atoms with E-state index in [2.05, 4.69) is 100 Å². The molecule has 0 amide bonds. The maximum absolute atomic E-state index is 5.93. The molecule has 1 atom stereocenters. The van der Waals surface area contributed by atoms with Gasteiger partial charge in [0.2, 0.25) is 0 Å². The van der Waals surface area contributed by atoms with E-state index in [0.717, 1.165) is 11.3 Å². The third-order valence-electron chi connectivity index (χ3n) is 5.54. The second-order valence-corrected chi connectivity index (χ2v) is 14.1. The average Bonchev–Trinajstić information content (AvgIpc) is 3.13. The quantitative estimate of drug-likeness (QED) is 0.529.